The van der Waals surface area contributed by atoms with Crippen LogP contribution in [0.2, 0.25) is 0 Å². The molecular weight excluding hydrogens is 164 g/mol. The molecule has 0 aromatic carbocycles. The second-order valence-electron chi connectivity index (χ2n) is 3.46. The summed E-state index contributed by atoms with van der Waals surface area (Å²) in [5.74, 6) is 0.751. The van der Waals surface area contributed by atoms with Crippen molar-refractivity contribution < 1.29 is 4.79 Å². The van der Waals surface area contributed by atoms with Crippen molar-refractivity contribution in [3.8, 4) is 0 Å². The Bertz CT molecular complexity index is 308. The van der Waals surface area contributed by atoms with Crippen molar-refractivity contribution in [3.63, 3.8) is 0 Å². The van der Waals surface area contributed by atoms with Gasteiger partial charge in [0.2, 0.25) is 0 Å². The summed E-state index contributed by atoms with van der Waals surface area (Å²) in [6.07, 6.45) is 2.11. The van der Waals surface area contributed by atoms with E-state index < -0.39 is 0 Å². The van der Waals surface area contributed by atoms with E-state index in [9.17, 15) is 4.79 Å². The number of nitrogens with zero attached hydrogens (tertiary/aromatic N) is 1. The van der Waals surface area contributed by atoms with Crippen LogP contribution in [0.4, 0.5) is 5.82 Å². The molecule has 0 aliphatic carbocycles. The zero-order valence-corrected chi connectivity index (χ0v) is 7.95. The second-order valence-corrected chi connectivity index (χ2v) is 3.46. The third-order valence-electron chi connectivity index (χ3n) is 1.73. The maximum absolute atomic E-state index is 11.6. The Hall–Kier alpha value is -1.38. The van der Waals surface area contributed by atoms with Gasteiger partial charge in [0.25, 0.3) is 0 Å². The predicted molar refractivity (Wildman–Crippen MR) is 52.4 cm³/mol. The number of Topliss-reactive ketones (excluding diaryl/α,β-unsaturated/α-hetero) is 1. The SMILES string of the molecule is CC(C)CC(=O)c1cccnc1N. The molecule has 0 unspecified atom stereocenters. The number of ketones is 1. The summed E-state index contributed by atoms with van der Waals surface area (Å²) in [6, 6.07) is 3.44. The average molecular weight is 178 g/mol. The Morgan fingerprint density at radius 1 is 1.62 bits per heavy atom. The zero-order valence-electron chi connectivity index (χ0n) is 7.95. The van der Waals surface area contributed by atoms with Gasteiger partial charge in [0, 0.05) is 12.6 Å². The summed E-state index contributed by atoms with van der Waals surface area (Å²) in [7, 11) is 0. The minimum atomic E-state index is 0.0700. The van der Waals surface area contributed by atoms with E-state index in [2.05, 4.69) is 4.98 Å². The van der Waals surface area contributed by atoms with E-state index >= 15 is 0 Å². The molecule has 2 N–H and O–H groups in total. The van der Waals surface area contributed by atoms with Gasteiger partial charge in [0.1, 0.15) is 5.82 Å². The van der Waals surface area contributed by atoms with Crippen molar-refractivity contribution in [2.24, 2.45) is 5.92 Å². The van der Waals surface area contributed by atoms with Crippen LogP contribution in [0.3, 0.4) is 0 Å². The Kier molecular flexibility index (Phi) is 3.01. The van der Waals surface area contributed by atoms with Gasteiger partial charge in [0.15, 0.2) is 5.78 Å². The van der Waals surface area contributed by atoms with Crippen LogP contribution in [0.1, 0.15) is 30.6 Å². The first-order valence-electron chi connectivity index (χ1n) is 4.35. The highest BCUT2D eigenvalue weighted by Gasteiger charge is 2.11. The second kappa shape index (κ2) is 4.03. The lowest BCUT2D eigenvalue weighted by Gasteiger charge is -2.05. The Morgan fingerprint density at radius 3 is 2.85 bits per heavy atom. The number of nitrogens with two attached hydrogens (primary N) is 1. The number of carbonyl (C=O) groups excluding carboxylic acids is 1. The van der Waals surface area contributed by atoms with Crippen molar-refractivity contribution in [2.75, 3.05) is 5.73 Å². The van der Waals surface area contributed by atoms with E-state index in [4.69, 9.17) is 5.73 Å². The summed E-state index contributed by atoms with van der Waals surface area (Å²) in [5, 5.41) is 0. The smallest absolute Gasteiger partial charge is 0.166 e. The molecule has 0 saturated carbocycles. The third-order valence-corrected chi connectivity index (χ3v) is 1.73. The number of carbonyl (C=O) groups is 1. The Morgan fingerprint density at radius 2 is 2.31 bits per heavy atom. The van der Waals surface area contributed by atoms with Crippen molar-refractivity contribution in [1.82, 2.24) is 4.98 Å². The molecule has 0 atom stereocenters. The molecule has 70 valence electrons. The monoisotopic (exact) mass is 178 g/mol. The highest BCUT2D eigenvalue weighted by Crippen LogP contribution is 2.13. The zero-order chi connectivity index (χ0) is 9.84. The molecule has 13 heavy (non-hydrogen) atoms. The van der Waals surface area contributed by atoms with Crippen LogP contribution in [0, 0.1) is 5.92 Å². The lowest BCUT2D eigenvalue weighted by atomic mass is 10.0. The molecule has 0 radical (unpaired) electrons. The van der Waals surface area contributed by atoms with E-state index in [-0.39, 0.29) is 5.78 Å². The molecule has 3 nitrogen and oxygen atoms in total. The fourth-order valence-electron chi connectivity index (χ4n) is 1.13. The molecule has 0 spiro atoms. The number of pyridine rings is 1. The number of rotatable bonds is 3. The molecule has 0 aliphatic heterocycles. The first-order valence-corrected chi connectivity index (χ1v) is 4.35. The first-order chi connectivity index (χ1) is 6.11. The molecule has 3 heteroatoms. The number of hydrogen-bond acceptors (Lipinski definition) is 3. The number of nitrogen functional groups attached to an aromatic ring is 1. The van der Waals surface area contributed by atoms with Crippen molar-refractivity contribution in [1.29, 1.82) is 0 Å². The largest absolute Gasteiger partial charge is 0.383 e. The first kappa shape index (κ1) is 9.71. The van der Waals surface area contributed by atoms with Gasteiger partial charge in [-0.15, -0.1) is 0 Å². The van der Waals surface area contributed by atoms with Gasteiger partial charge >= 0.3 is 0 Å². The van der Waals surface area contributed by atoms with E-state index in [1.165, 1.54) is 0 Å². The van der Waals surface area contributed by atoms with Crippen LogP contribution in [0.25, 0.3) is 0 Å². The lowest BCUT2D eigenvalue weighted by molar-refractivity contribution is 0.0968. The Balaban J connectivity index is 2.83. The van der Waals surface area contributed by atoms with Crippen LogP contribution in [-0.4, -0.2) is 10.8 Å². The Labute approximate surface area is 78.0 Å². The standard InChI is InChI=1S/C10H14N2O/c1-7(2)6-9(13)8-4-3-5-12-10(8)11/h3-5,7H,6H2,1-2H3,(H2,11,12). The van der Waals surface area contributed by atoms with Crippen molar-refractivity contribution in [2.45, 2.75) is 20.3 Å². The number of anilines is 1. The highest BCUT2D eigenvalue weighted by atomic mass is 16.1. The fraction of sp³-hybridized carbons (Fsp3) is 0.400. The highest BCUT2D eigenvalue weighted by molar-refractivity contribution is 5.99. The maximum atomic E-state index is 11.6. The lowest BCUT2D eigenvalue weighted by Crippen LogP contribution is -2.07. The van der Waals surface area contributed by atoms with Gasteiger partial charge in [-0.25, -0.2) is 4.98 Å². The van der Waals surface area contributed by atoms with E-state index in [0.717, 1.165) is 0 Å². The van der Waals surface area contributed by atoms with Crippen LogP contribution < -0.4 is 5.73 Å². The van der Waals surface area contributed by atoms with E-state index in [1.807, 2.05) is 13.8 Å². The molecule has 1 aromatic rings. The molecular formula is C10H14N2O. The van der Waals surface area contributed by atoms with Crippen LogP contribution in [-0.2, 0) is 0 Å². The van der Waals surface area contributed by atoms with Crippen LogP contribution in [0.5, 0.6) is 0 Å². The maximum Gasteiger partial charge on any atom is 0.166 e. The minimum absolute atomic E-state index is 0.0700. The summed E-state index contributed by atoms with van der Waals surface area (Å²) in [5.41, 5.74) is 6.10. The summed E-state index contributed by atoms with van der Waals surface area (Å²) in [4.78, 5) is 15.4. The molecule has 0 bridgehead atoms. The topological polar surface area (TPSA) is 56.0 Å². The van der Waals surface area contributed by atoms with Gasteiger partial charge in [-0.3, -0.25) is 4.79 Å². The van der Waals surface area contributed by atoms with E-state index in [0.29, 0.717) is 23.7 Å². The summed E-state index contributed by atoms with van der Waals surface area (Å²) in [6.45, 7) is 4.01. The molecule has 0 saturated heterocycles. The fourth-order valence-corrected chi connectivity index (χ4v) is 1.13. The van der Waals surface area contributed by atoms with Gasteiger partial charge in [-0.2, -0.15) is 0 Å². The molecule has 0 aliphatic rings. The van der Waals surface area contributed by atoms with Gasteiger partial charge < -0.3 is 5.73 Å². The third kappa shape index (κ3) is 2.54. The van der Waals surface area contributed by atoms with E-state index in [1.54, 1.807) is 18.3 Å². The number of aromatic nitrogens is 1. The van der Waals surface area contributed by atoms with Gasteiger partial charge in [-0.1, -0.05) is 13.8 Å². The average Bonchev–Trinajstić information content (AvgIpc) is 2.03. The summed E-state index contributed by atoms with van der Waals surface area (Å²) < 4.78 is 0. The predicted octanol–water partition coefficient (Wildman–Crippen LogP) is 1.89. The van der Waals surface area contributed by atoms with Gasteiger partial charge in [-0.05, 0) is 18.1 Å². The van der Waals surface area contributed by atoms with Crippen molar-refractivity contribution in [3.05, 3.63) is 23.9 Å². The molecule has 0 fully saturated rings. The van der Waals surface area contributed by atoms with Crippen molar-refractivity contribution >= 4 is 11.6 Å². The van der Waals surface area contributed by atoms with Crippen LogP contribution >= 0.6 is 0 Å². The number of hydrogen-bond donors (Lipinski definition) is 1. The van der Waals surface area contributed by atoms with Crippen LogP contribution in [0.15, 0.2) is 18.3 Å². The minimum Gasteiger partial charge on any atom is -0.383 e. The van der Waals surface area contributed by atoms with Gasteiger partial charge in [0.05, 0.1) is 5.56 Å². The normalized spacial score (nSPS) is 10.4. The molecule has 1 rings (SSSR count). The summed E-state index contributed by atoms with van der Waals surface area (Å²) >= 11 is 0. The molecule has 1 aromatic heterocycles. The quantitative estimate of drug-likeness (QED) is 0.719. The molecule has 0 amide bonds. The molecule has 1 heterocycles.